The molecule has 5 aromatic rings. The van der Waals surface area contributed by atoms with Crippen molar-refractivity contribution in [1.82, 2.24) is 34.9 Å². The summed E-state index contributed by atoms with van der Waals surface area (Å²) in [4.78, 5) is 50.0. The van der Waals surface area contributed by atoms with Crippen molar-refractivity contribution in [2.45, 2.75) is 69.4 Å². The Labute approximate surface area is 369 Å². The van der Waals surface area contributed by atoms with Crippen LogP contribution in [0.25, 0.3) is 22.3 Å². The molecule has 334 valence electrons. The van der Waals surface area contributed by atoms with Crippen LogP contribution in [-0.4, -0.2) is 117 Å². The highest BCUT2D eigenvalue weighted by Crippen LogP contribution is 2.46. The van der Waals surface area contributed by atoms with Crippen LogP contribution in [0.3, 0.4) is 0 Å². The fraction of sp³-hybridized carbons (Fsp3) is 0.447. The lowest BCUT2D eigenvalue weighted by Gasteiger charge is -2.42. The molecule has 0 spiro atoms. The Morgan fingerprint density at radius 3 is 2.53 bits per heavy atom. The minimum atomic E-state index is -3.04. The number of halogens is 2. The number of phenols is 1. The normalized spacial score (nSPS) is 22.3. The molecule has 1 aliphatic carbocycles. The number of amides is 4. The zero-order chi connectivity index (χ0) is 44.3. The maximum absolute atomic E-state index is 16.0. The minimum absolute atomic E-state index is 0.0897. The first-order chi connectivity index (χ1) is 30.9. The predicted molar refractivity (Wildman–Crippen MR) is 237 cm³/mol. The third kappa shape index (κ3) is 8.10. The van der Waals surface area contributed by atoms with Gasteiger partial charge in [0, 0.05) is 86.9 Å². The molecule has 10 rings (SSSR count). The number of nitrogens with two attached hydrogens (primary N) is 1. The number of hydrogen-bond acceptors (Lipinski definition) is 11. The van der Waals surface area contributed by atoms with Crippen molar-refractivity contribution in [1.29, 1.82) is 0 Å². The number of urea groups is 1. The second-order valence-corrected chi connectivity index (χ2v) is 18.0. The number of fused-ring (bicyclic) bond motifs is 1. The van der Waals surface area contributed by atoms with Crippen LogP contribution in [0.2, 0.25) is 0 Å². The van der Waals surface area contributed by atoms with E-state index in [9.17, 15) is 19.5 Å². The number of anilines is 3. The Hall–Kier alpha value is -6.20. The van der Waals surface area contributed by atoms with Crippen molar-refractivity contribution in [2.24, 2.45) is 5.92 Å². The van der Waals surface area contributed by atoms with Gasteiger partial charge in [0.25, 0.3) is 11.8 Å². The molecule has 2 aromatic carbocycles. The number of pyridine rings is 1. The molecule has 0 radical (unpaired) electrons. The summed E-state index contributed by atoms with van der Waals surface area (Å²) in [6, 6.07) is 15.8. The lowest BCUT2D eigenvalue weighted by Crippen LogP contribution is -2.54. The largest absolute Gasteiger partial charge is 0.507 e. The van der Waals surface area contributed by atoms with Crippen molar-refractivity contribution in [3.05, 3.63) is 89.2 Å². The van der Waals surface area contributed by atoms with E-state index in [4.69, 9.17) is 15.5 Å². The molecular formula is C47H52F2N10O5. The van der Waals surface area contributed by atoms with Gasteiger partial charge in [-0.3, -0.25) is 19.8 Å². The van der Waals surface area contributed by atoms with Crippen molar-refractivity contribution < 1.29 is 33.0 Å². The van der Waals surface area contributed by atoms with Crippen LogP contribution in [0.4, 0.5) is 30.8 Å². The summed E-state index contributed by atoms with van der Waals surface area (Å²) in [5.41, 5.74) is 12.8. The number of rotatable bonds is 9. The number of phenolic OH excluding ortho intramolecular Hbond substituents is 1. The molecule has 1 unspecified atom stereocenters. The third-order valence-electron chi connectivity index (χ3n) is 13.8. The lowest BCUT2D eigenvalue weighted by molar-refractivity contribution is -0.120. The summed E-state index contributed by atoms with van der Waals surface area (Å²) in [6.07, 6.45) is 7.82. The molecular weight excluding hydrogens is 823 g/mol. The molecule has 1 saturated carbocycles. The summed E-state index contributed by atoms with van der Waals surface area (Å²) < 4.78 is 40.4. The van der Waals surface area contributed by atoms with Gasteiger partial charge >= 0.3 is 6.03 Å². The Kier molecular flexibility index (Phi) is 10.9. The first kappa shape index (κ1) is 41.8. The molecule has 4 saturated heterocycles. The van der Waals surface area contributed by atoms with Gasteiger partial charge in [0.1, 0.15) is 17.5 Å². The number of para-hydroxylation sites is 1. The third-order valence-corrected chi connectivity index (χ3v) is 13.8. The highest BCUT2D eigenvalue weighted by molar-refractivity contribution is 6.06. The molecule has 2 atom stereocenters. The van der Waals surface area contributed by atoms with E-state index in [1.807, 2.05) is 31.2 Å². The van der Waals surface area contributed by atoms with Gasteiger partial charge in [0.15, 0.2) is 5.82 Å². The number of nitrogen functional groups attached to an aromatic ring is 1. The van der Waals surface area contributed by atoms with E-state index in [0.29, 0.717) is 73.4 Å². The molecule has 17 heteroatoms. The zero-order valence-electron chi connectivity index (χ0n) is 35.8. The number of likely N-dealkylation sites (tertiary alicyclic amines) is 2. The van der Waals surface area contributed by atoms with Crippen LogP contribution in [0.15, 0.2) is 67.0 Å². The van der Waals surface area contributed by atoms with Crippen molar-refractivity contribution >= 4 is 46.1 Å². The maximum Gasteiger partial charge on any atom is 0.328 e. The number of aromatic hydroxyl groups is 1. The molecule has 7 heterocycles. The lowest BCUT2D eigenvalue weighted by atomic mass is 9.90. The van der Waals surface area contributed by atoms with E-state index >= 15 is 8.78 Å². The van der Waals surface area contributed by atoms with Gasteiger partial charge in [-0.2, -0.15) is 0 Å². The average molecular weight is 875 g/mol. The molecule has 5 aliphatic rings. The molecule has 4 N–H and O–H groups in total. The Morgan fingerprint density at radius 2 is 1.78 bits per heavy atom. The number of hydrogen-bond donors (Lipinski definition) is 3. The Bertz CT molecular complexity index is 2630. The van der Waals surface area contributed by atoms with Crippen molar-refractivity contribution in [2.75, 3.05) is 74.5 Å². The topological polar surface area (TPSA) is 175 Å². The van der Waals surface area contributed by atoms with Gasteiger partial charge in [-0.25, -0.2) is 18.6 Å². The fourth-order valence-electron chi connectivity index (χ4n) is 10.1. The van der Waals surface area contributed by atoms with E-state index in [2.05, 4.69) is 36.1 Å². The first-order valence-corrected chi connectivity index (χ1v) is 22.3. The van der Waals surface area contributed by atoms with Gasteiger partial charge in [-0.1, -0.05) is 18.2 Å². The van der Waals surface area contributed by atoms with Gasteiger partial charge in [0.05, 0.1) is 36.4 Å². The van der Waals surface area contributed by atoms with Crippen LogP contribution >= 0.6 is 0 Å². The van der Waals surface area contributed by atoms with Gasteiger partial charge < -0.3 is 34.8 Å². The number of benzene rings is 2. The predicted octanol–water partition coefficient (Wildman–Crippen LogP) is 6.43. The molecule has 3 aromatic heterocycles. The van der Waals surface area contributed by atoms with Crippen LogP contribution in [0, 0.1) is 12.8 Å². The number of carbonyl (C=O) groups is 3. The van der Waals surface area contributed by atoms with Crippen LogP contribution < -0.4 is 20.9 Å². The highest BCUT2D eigenvalue weighted by atomic mass is 19.3. The van der Waals surface area contributed by atoms with Crippen molar-refractivity contribution in [3.8, 4) is 17.0 Å². The van der Waals surface area contributed by atoms with E-state index in [-0.39, 0.29) is 55.6 Å². The number of ether oxygens (including phenoxy) is 1. The number of nitrogens with one attached hydrogen (secondary N) is 1. The second-order valence-electron chi connectivity index (χ2n) is 18.0. The van der Waals surface area contributed by atoms with Crippen LogP contribution in [0.5, 0.6) is 5.75 Å². The summed E-state index contributed by atoms with van der Waals surface area (Å²) in [5.74, 6) is -3.79. The summed E-state index contributed by atoms with van der Waals surface area (Å²) >= 11 is 0. The highest BCUT2D eigenvalue weighted by Gasteiger charge is 2.47. The van der Waals surface area contributed by atoms with E-state index in [0.717, 1.165) is 47.8 Å². The molecule has 5 fully saturated rings. The average Bonchev–Trinajstić information content (AvgIpc) is 4.07. The monoisotopic (exact) mass is 874 g/mol. The fourth-order valence-corrected chi connectivity index (χ4v) is 10.1. The number of carbonyl (C=O) groups excluding carboxylic acids is 3. The number of alkyl halides is 2. The van der Waals surface area contributed by atoms with Crippen LogP contribution in [-0.2, 0) is 9.53 Å². The number of aryl methyl sites for hydroxylation is 1. The molecule has 64 heavy (non-hydrogen) atoms. The number of aromatic nitrogens is 4. The number of morpholine rings is 1. The summed E-state index contributed by atoms with van der Waals surface area (Å²) in [7, 11) is 0. The van der Waals surface area contributed by atoms with Gasteiger partial charge in [-0.05, 0) is 98.0 Å². The molecule has 15 nitrogen and oxygen atoms in total. The minimum Gasteiger partial charge on any atom is -0.507 e. The standard InChI is InChI=1S/C47H52F2N10O5/c1-28-20-30(8-9-34(28)41-26-56(18-19-64-41)39-22-38(53-54-43(39)50)35-4-2-3-5-40(35)60)45(62)57-16-10-31(47(48,49)27-57)24-55-14-11-32(12-15-55)59-25-37(29-6-7-29)36-21-33(23-51-44(36)59)58-17-13-42(61)52-46(58)63/h2-5,8-9,20-23,25,29,31-32,41,60H,6-7,10-19,24,26-27H2,1H3,(H2,50,54)(H,52,61,63)/t31?,41-/m1/s1. The van der Waals surface area contributed by atoms with Crippen LogP contribution in [0.1, 0.15) is 83.6 Å². The first-order valence-electron chi connectivity index (χ1n) is 22.3. The maximum atomic E-state index is 16.0. The van der Waals surface area contributed by atoms with Gasteiger partial charge in [-0.15, -0.1) is 10.2 Å². The molecule has 0 bridgehead atoms. The Morgan fingerprint density at radius 1 is 0.969 bits per heavy atom. The second kappa shape index (κ2) is 16.7. The Balaban J connectivity index is 0.752. The van der Waals surface area contributed by atoms with Crippen molar-refractivity contribution in [3.63, 3.8) is 0 Å². The van der Waals surface area contributed by atoms with Gasteiger partial charge in [0.2, 0.25) is 5.91 Å². The number of imide groups is 1. The quantitative estimate of drug-likeness (QED) is 0.149. The smallest absolute Gasteiger partial charge is 0.328 e. The zero-order valence-corrected chi connectivity index (χ0v) is 35.8. The molecule has 4 aliphatic heterocycles. The van der Waals surface area contributed by atoms with E-state index in [1.54, 1.807) is 41.4 Å². The number of nitrogens with zero attached hydrogens (tertiary/aromatic N) is 8. The number of piperidine rings is 2. The molecule has 4 amide bonds. The summed E-state index contributed by atoms with van der Waals surface area (Å²) in [6.45, 7) is 4.90. The summed E-state index contributed by atoms with van der Waals surface area (Å²) in [5, 5.41) is 22.2. The van der Waals surface area contributed by atoms with E-state index < -0.39 is 30.3 Å². The van der Waals surface area contributed by atoms with E-state index in [1.165, 1.54) is 10.5 Å². The SMILES string of the molecule is Cc1cc(C(=O)N2CCC(CN3CCC(n4cc(C5CC5)c5cc(N6CCC(=O)NC6=O)cnc54)CC3)C(F)(F)C2)ccc1[C@H]1CN(c2cc(-c3ccccc3O)nnc2N)CCO1.